The van der Waals surface area contributed by atoms with E-state index in [0.29, 0.717) is 16.3 Å². The number of phenols is 1. The third-order valence-corrected chi connectivity index (χ3v) is 6.07. The lowest BCUT2D eigenvalue weighted by atomic mass is 9.86. The van der Waals surface area contributed by atoms with E-state index in [2.05, 4.69) is 20.8 Å². The summed E-state index contributed by atoms with van der Waals surface area (Å²) in [5, 5.41) is 10.7. The van der Waals surface area contributed by atoms with E-state index >= 15 is 0 Å². The van der Waals surface area contributed by atoms with Gasteiger partial charge in [-0.2, -0.15) is 13.2 Å². The summed E-state index contributed by atoms with van der Waals surface area (Å²) in [6.07, 6.45) is -4.45. The van der Waals surface area contributed by atoms with Gasteiger partial charge in [-0.25, -0.2) is 0 Å². The Bertz CT molecular complexity index is 1060. The molecule has 0 fully saturated rings. The predicted octanol–water partition coefficient (Wildman–Crippen LogP) is 7.64. The normalized spacial score (nSPS) is 13.8. The van der Waals surface area contributed by atoms with Crippen molar-refractivity contribution in [3.63, 3.8) is 0 Å². The van der Waals surface area contributed by atoms with Crippen molar-refractivity contribution < 1.29 is 18.3 Å². The second-order valence-corrected chi connectivity index (χ2v) is 9.12. The smallest absolute Gasteiger partial charge is 0.416 e. The third-order valence-electron chi connectivity index (χ3n) is 4.94. The second-order valence-electron chi connectivity index (χ2n) is 8.04. The molecule has 0 spiro atoms. The van der Waals surface area contributed by atoms with E-state index in [-0.39, 0.29) is 11.2 Å². The zero-order chi connectivity index (χ0) is 21.0. The van der Waals surface area contributed by atoms with Gasteiger partial charge in [0, 0.05) is 9.79 Å². The highest BCUT2D eigenvalue weighted by molar-refractivity contribution is 7.99. The number of fused-ring (bicyclic) bond motifs is 2. The lowest BCUT2D eigenvalue weighted by Crippen LogP contribution is -2.18. The average molecular weight is 415 g/mol. The van der Waals surface area contributed by atoms with Crippen LogP contribution in [0.15, 0.2) is 70.5 Å². The quantitative estimate of drug-likeness (QED) is 0.345. The zero-order valence-electron chi connectivity index (χ0n) is 16.2. The summed E-state index contributed by atoms with van der Waals surface area (Å²) in [6.45, 7) is 6.16. The summed E-state index contributed by atoms with van der Waals surface area (Å²) in [4.78, 5) is 3.35. The van der Waals surface area contributed by atoms with Crippen molar-refractivity contribution in [3.05, 3.63) is 71.8 Å². The highest BCUT2D eigenvalue weighted by atomic mass is 32.2. The Morgan fingerprint density at radius 2 is 1.38 bits per heavy atom. The van der Waals surface area contributed by atoms with Crippen LogP contribution in [0.2, 0.25) is 0 Å². The lowest BCUT2D eigenvalue weighted by Gasteiger charge is -2.34. The van der Waals surface area contributed by atoms with E-state index in [1.165, 1.54) is 17.8 Å². The van der Waals surface area contributed by atoms with Crippen molar-refractivity contribution in [2.45, 2.75) is 42.2 Å². The fourth-order valence-corrected chi connectivity index (χ4v) is 4.40. The predicted molar refractivity (Wildman–Crippen MR) is 111 cm³/mol. The van der Waals surface area contributed by atoms with Gasteiger partial charge in [0.15, 0.2) is 0 Å². The summed E-state index contributed by atoms with van der Waals surface area (Å²) in [5.41, 5.74) is 1.70. The molecule has 0 saturated carbocycles. The molecular weight excluding hydrogens is 395 g/mol. The van der Waals surface area contributed by atoms with Crippen LogP contribution in [0.4, 0.5) is 30.2 Å². The third kappa shape index (κ3) is 3.57. The molecule has 1 aliphatic rings. The standard InChI is InChI=1S/C23H20F3NOS/c1-22(2,3)14-8-10-19(28)17(12-14)27-16-6-4-5-7-20(16)29-21-11-9-15(13-18(21)27)23(24,25)26/h4-13,28H,1-3H3. The fourth-order valence-electron chi connectivity index (χ4n) is 3.36. The fraction of sp³-hybridized carbons (Fsp3) is 0.217. The summed E-state index contributed by atoms with van der Waals surface area (Å²) < 4.78 is 40.2. The summed E-state index contributed by atoms with van der Waals surface area (Å²) >= 11 is 1.43. The monoisotopic (exact) mass is 415 g/mol. The topological polar surface area (TPSA) is 23.5 Å². The van der Waals surface area contributed by atoms with Crippen LogP contribution in [0, 0.1) is 0 Å². The maximum Gasteiger partial charge on any atom is 0.416 e. The molecule has 29 heavy (non-hydrogen) atoms. The van der Waals surface area contributed by atoms with Crippen molar-refractivity contribution in [2.24, 2.45) is 0 Å². The molecule has 2 nitrogen and oxygen atoms in total. The molecule has 1 aliphatic heterocycles. The molecule has 150 valence electrons. The van der Waals surface area contributed by atoms with Crippen LogP contribution in [-0.4, -0.2) is 5.11 Å². The van der Waals surface area contributed by atoms with E-state index in [9.17, 15) is 18.3 Å². The number of alkyl halides is 3. The van der Waals surface area contributed by atoms with Gasteiger partial charge >= 0.3 is 6.18 Å². The maximum atomic E-state index is 13.4. The minimum Gasteiger partial charge on any atom is -0.506 e. The van der Waals surface area contributed by atoms with Gasteiger partial charge in [0.1, 0.15) is 5.75 Å². The Hall–Kier alpha value is -2.60. The number of nitrogens with zero attached hydrogens (tertiary/aromatic N) is 1. The molecule has 4 rings (SSSR count). The molecule has 0 aliphatic carbocycles. The molecule has 3 aromatic rings. The van der Waals surface area contributed by atoms with Crippen LogP contribution >= 0.6 is 11.8 Å². The van der Waals surface area contributed by atoms with E-state index in [1.54, 1.807) is 11.0 Å². The molecule has 1 heterocycles. The lowest BCUT2D eigenvalue weighted by molar-refractivity contribution is -0.137. The number of phenolic OH excluding ortho intramolecular Hbond substituents is 1. The molecule has 0 atom stereocenters. The van der Waals surface area contributed by atoms with Crippen molar-refractivity contribution in [1.82, 2.24) is 0 Å². The number of benzene rings is 3. The van der Waals surface area contributed by atoms with Crippen LogP contribution in [0.1, 0.15) is 31.9 Å². The van der Waals surface area contributed by atoms with Crippen LogP contribution in [0.25, 0.3) is 0 Å². The molecule has 1 N–H and O–H groups in total. The van der Waals surface area contributed by atoms with Crippen LogP contribution in [0.3, 0.4) is 0 Å². The first-order valence-electron chi connectivity index (χ1n) is 9.17. The zero-order valence-corrected chi connectivity index (χ0v) is 17.0. The molecule has 0 radical (unpaired) electrons. The number of hydrogen-bond donors (Lipinski definition) is 1. The highest BCUT2D eigenvalue weighted by Gasteiger charge is 2.34. The van der Waals surface area contributed by atoms with E-state index in [1.807, 2.05) is 36.4 Å². The van der Waals surface area contributed by atoms with Crippen molar-refractivity contribution >= 4 is 28.8 Å². The number of para-hydroxylation sites is 1. The number of anilines is 3. The SMILES string of the molecule is CC(C)(C)c1ccc(O)c(N2c3ccccc3Sc3ccc(C(F)(F)F)cc32)c1. The molecule has 0 amide bonds. The Labute approximate surface area is 172 Å². The number of rotatable bonds is 1. The van der Waals surface area contributed by atoms with Crippen molar-refractivity contribution in [2.75, 3.05) is 4.90 Å². The van der Waals surface area contributed by atoms with E-state index < -0.39 is 11.7 Å². The van der Waals surface area contributed by atoms with Gasteiger partial charge < -0.3 is 10.0 Å². The van der Waals surface area contributed by atoms with Gasteiger partial charge in [-0.05, 0) is 53.4 Å². The van der Waals surface area contributed by atoms with Crippen molar-refractivity contribution in [3.8, 4) is 5.75 Å². The van der Waals surface area contributed by atoms with E-state index in [4.69, 9.17) is 0 Å². The largest absolute Gasteiger partial charge is 0.506 e. The molecular formula is C23H20F3NOS. The Morgan fingerprint density at radius 3 is 2.07 bits per heavy atom. The number of halogens is 3. The summed E-state index contributed by atoms with van der Waals surface area (Å²) in [7, 11) is 0. The van der Waals surface area contributed by atoms with Gasteiger partial charge in [-0.3, -0.25) is 0 Å². The molecule has 0 bridgehead atoms. The number of aromatic hydroxyl groups is 1. The second kappa shape index (κ2) is 6.73. The minimum absolute atomic E-state index is 0.0167. The molecule has 0 saturated heterocycles. The minimum atomic E-state index is -4.45. The van der Waals surface area contributed by atoms with Crippen LogP contribution < -0.4 is 4.90 Å². The van der Waals surface area contributed by atoms with Crippen molar-refractivity contribution in [1.29, 1.82) is 0 Å². The summed E-state index contributed by atoms with van der Waals surface area (Å²) in [6, 6.07) is 16.6. The first kappa shape index (κ1) is 19.7. The molecule has 3 aromatic carbocycles. The molecule has 0 aromatic heterocycles. The number of hydrogen-bond acceptors (Lipinski definition) is 3. The highest BCUT2D eigenvalue weighted by Crippen LogP contribution is 2.54. The van der Waals surface area contributed by atoms with Gasteiger partial charge in [-0.1, -0.05) is 50.7 Å². The van der Waals surface area contributed by atoms with Gasteiger partial charge in [-0.15, -0.1) is 0 Å². The summed E-state index contributed by atoms with van der Waals surface area (Å²) in [5.74, 6) is 0.0167. The van der Waals surface area contributed by atoms with Crippen LogP contribution in [-0.2, 0) is 11.6 Å². The van der Waals surface area contributed by atoms with E-state index in [0.717, 1.165) is 28.3 Å². The maximum absolute atomic E-state index is 13.4. The molecule has 0 unspecified atom stereocenters. The molecule has 6 heteroatoms. The van der Waals surface area contributed by atoms with Gasteiger partial charge in [0.25, 0.3) is 0 Å². The first-order valence-corrected chi connectivity index (χ1v) is 9.99. The average Bonchev–Trinajstić information content (AvgIpc) is 2.64. The Balaban J connectivity index is 1.99. The first-order chi connectivity index (χ1) is 13.6. The van der Waals surface area contributed by atoms with Crippen LogP contribution in [0.5, 0.6) is 5.75 Å². The Morgan fingerprint density at radius 1 is 0.759 bits per heavy atom. The van der Waals surface area contributed by atoms with Gasteiger partial charge in [0.05, 0.1) is 22.6 Å². The Kier molecular flexibility index (Phi) is 4.57. The van der Waals surface area contributed by atoms with Gasteiger partial charge in [0.2, 0.25) is 0 Å².